The molecule has 4 heteroatoms. The van der Waals surface area contributed by atoms with Gasteiger partial charge in [-0.3, -0.25) is 0 Å². The summed E-state index contributed by atoms with van der Waals surface area (Å²) in [4.78, 5) is 0. The van der Waals surface area contributed by atoms with E-state index >= 15 is 0 Å². The van der Waals surface area contributed by atoms with Gasteiger partial charge in [0, 0.05) is 0 Å². The average Bonchev–Trinajstić information content (AvgIpc) is 2.28. The lowest BCUT2D eigenvalue weighted by Gasteiger charge is -2.17. The second kappa shape index (κ2) is 6.26. The molecule has 1 N–H and O–H groups in total. The van der Waals surface area contributed by atoms with Crippen LogP contribution >= 0.6 is 15.9 Å². The number of hydrogen-bond donors (Lipinski definition) is 1. The van der Waals surface area contributed by atoms with Crippen molar-refractivity contribution >= 4 is 15.9 Å². The second-order valence-electron chi connectivity index (χ2n) is 3.97. The number of methoxy groups -OCH3 is 2. The van der Waals surface area contributed by atoms with E-state index in [1.165, 1.54) is 0 Å². The Bertz CT molecular complexity index is 389. The van der Waals surface area contributed by atoms with Gasteiger partial charge in [0.05, 0.1) is 24.8 Å². The lowest BCUT2D eigenvalue weighted by molar-refractivity contribution is 0.195. The normalized spacial score (nSPS) is 12.4. The van der Waals surface area contributed by atoms with Gasteiger partial charge in [-0.2, -0.15) is 0 Å². The van der Waals surface area contributed by atoms with Crippen molar-refractivity contribution in [3.63, 3.8) is 0 Å². The first kappa shape index (κ1) is 14.3. The fourth-order valence-corrected chi connectivity index (χ4v) is 2.81. The molecule has 0 bridgehead atoms. The van der Waals surface area contributed by atoms with Crippen molar-refractivity contribution in [2.75, 3.05) is 14.2 Å². The highest BCUT2D eigenvalue weighted by Crippen LogP contribution is 2.40. The fraction of sp³-hybridized carbons (Fsp3) is 0.538. The summed E-state index contributed by atoms with van der Waals surface area (Å²) in [6.45, 7) is 3.86. The molecular formula is C13H19BrO3. The molecule has 17 heavy (non-hydrogen) atoms. The number of aliphatic hydroxyl groups excluding tert-OH is 1. The Kier molecular flexibility index (Phi) is 5.28. The molecule has 0 aliphatic carbocycles. The summed E-state index contributed by atoms with van der Waals surface area (Å²) in [6, 6.07) is 1.94. The minimum atomic E-state index is -0.370. The molecule has 1 aromatic rings. The van der Waals surface area contributed by atoms with Crippen LogP contribution in [0.1, 0.15) is 25.0 Å². The molecule has 0 radical (unpaired) electrons. The van der Waals surface area contributed by atoms with Crippen LogP contribution in [0.5, 0.6) is 11.5 Å². The molecule has 3 nitrogen and oxygen atoms in total. The molecule has 0 aliphatic rings. The van der Waals surface area contributed by atoms with Crippen LogP contribution in [0.15, 0.2) is 10.5 Å². The van der Waals surface area contributed by atoms with Gasteiger partial charge in [0.15, 0.2) is 11.5 Å². The minimum Gasteiger partial charge on any atom is -0.493 e. The number of rotatable bonds is 5. The van der Waals surface area contributed by atoms with E-state index in [-0.39, 0.29) is 6.10 Å². The first-order valence-corrected chi connectivity index (χ1v) is 6.44. The van der Waals surface area contributed by atoms with Crippen LogP contribution < -0.4 is 9.47 Å². The Morgan fingerprint density at radius 2 is 2.00 bits per heavy atom. The first-order chi connectivity index (χ1) is 8.04. The molecule has 1 aromatic carbocycles. The number of halogens is 1. The SMILES string of the molecule is CCc1c(CC(C)O)cc(OC)c(OC)c1Br. The highest BCUT2D eigenvalue weighted by Gasteiger charge is 2.17. The topological polar surface area (TPSA) is 38.7 Å². The zero-order valence-electron chi connectivity index (χ0n) is 10.7. The summed E-state index contributed by atoms with van der Waals surface area (Å²) in [6.07, 6.45) is 1.12. The molecule has 0 saturated carbocycles. The maximum atomic E-state index is 9.52. The predicted octanol–water partition coefficient (Wildman–Crippen LogP) is 2.95. The molecule has 1 rings (SSSR count). The monoisotopic (exact) mass is 302 g/mol. The highest BCUT2D eigenvalue weighted by atomic mass is 79.9. The average molecular weight is 303 g/mol. The molecule has 0 fully saturated rings. The van der Waals surface area contributed by atoms with Crippen LogP contribution in [0.2, 0.25) is 0 Å². The number of ether oxygens (including phenoxy) is 2. The summed E-state index contributed by atoms with van der Waals surface area (Å²) in [5, 5.41) is 9.52. The maximum Gasteiger partial charge on any atom is 0.175 e. The van der Waals surface area contributed by atoms with Crippen molar-refractivity contribution in [3.05, 3.63) is 21.7 Å². The second-order valence-corrected chi connectivity index (χ2v) is 4.76. The van der Waals surface area contributed by atoms with Gasteiger partial charge >= 0.3 is 0 Å². The quantitative estimate of drug-likeness (QED) is 0.909. The van der Waals surface area contributed by atoms with E-state index in [0.717, 1.165) is 22.0 Å². The molecule has 96 valence electrons. The van der Waals surface area contributed by atoms with Crippen LogP contribution in [0.3, 0.4) is 0 Å². The van der Waals surface area contributed by atoms with Gasteiger partial charge in [0.25, 0.3) is 0 Å². The summed E-state index contributed by atoms with van der Waals surface area (Å²) < 4.78 is 11.6. The third-order valence-electron chi connectivity index (χ3n) is 2.67. The van der Waals surface area contributed by atoms with Gasteiger partial charge < -0.3 is 14.6 Å². The molecule has 0 spiro atoms. The minimum absolute atomic E-state index is 0.370. The lowest BCUT2D eigenvalue weighted by atomic mass is 9.99. The predicted molar refractivity (Wildman–Crippen MR) is 72.0 cm³/mol. The molecular weight excluding hydrogens is 284 g/mol. The van der Waals surface area contributed by atoms with Crippen molar-refractivity contribution in [2.24, 2.45) is 0 Å². The molecule has 0 aromatic heterocycles. The van der Waals surface area contributed by atoms with Gasteiger partial charge in [-0.05, 0) is 52.9 Å². The lowest BCUT2D eigenvalue weighted by Crippen LogP contribution is -2.08. The van der Waals surface area contributed by atoms with E-state index < -0.39 is 0 Å². The van der Waals surface area contributed by atoms with E-state index in [2.05, 4.69) is 22.9 Å². The smallest absolute Gasteiger partial charge is 0.175 e. The van der Waals surface area contributed by atoms with Gasteiger partial charge in [0.1, 0.15) is 0 Å². The third-order valence-corrected chi connectivity index (χ3v) is 3.51. The van der Waals surface area contributed by atoms with Gasteiger partial charge in [-0.25, -0.2) is 0 Å². The Hall–Kier alpha value is -0.740. The molecule has 1 atom stereocenters. The van der Waals surface area contributed by atoms with Crippen molar-refractivity contribution < 1.29 is 14.6 Å². The van der Waals surface area contributed by atoms with Gasteiger partial charge in [-0.1, -0.05) is 6.92 Å². The molecule has 0 amide bonds. The molecule has 0 saturated heterocycles. The third kappa shape index (κ3) is 3.13. The zero-order chi connectivity index (χ0) is 13.0. The van der Waals surface area contributed by atoms with E-state index in [9.17, 15) is 5.11 Å². The summed E-state index contributed by atoms with van der Waals surface area (Å²) in [5.74, 6) is 1.39. The highest BCUT2D eigenvalue weighted by molar-refractivity contribution is 9.10. The Balaban J connectivity index is 3.34. The van der Waals surface area contributed by atoms with E-state index in [1.54, 1.807) is 21.1 Å². The van der Waals surface area contributed by atoms with Crippen molar-refractivity contribution in [1.82, 2.24) is 0 Å². The maximum absolute atomic E-state index is 9.52. The van der Waals surface area contributed by atoms with Crippen molar-refractivity contribution in [3.8, 4) is 11.5 Å². The fourth-order valence-electron chi connectivity index (χ4n) is 1.92. The first-order valence-electron chi connectivity index (χ1n) is 5.65. The van der Waals surface area contributed by atoms with E-state index in [4.69, 9.17) is 9.47 Å². The zero-order valence-corrected chi connectivity index (χ0v) is 12.3. The summed E-state index contributed by atoms with van der Waals surface area (Å²) in [7, 11) is 3.23. The van der Waals surface area contributed by atoms with Crippen LogP contribution in [0.25, 0.3) is 0 Å². The Morgan fingerprint density at radius 3 is 2.41 bits per heavy atom. The van der Waals surface area contributed by atoms with Crippen LogP contribution in [-0.2, 0) is 12.8 Å². The van der Waals surface area contributed by atoms with Crippen LogP contribution in [-0.4, -0.2) is 25.4 Å². The largest absolute Gasteiger partial charge is 0.493 e. The number of aliphatic hydroxyl groups is 1. The summed E-state index contributed by atoms with van der Waals surface area (Å²) in [5.41, 5.74) is 2.25. The number of hydrogen-bond acceptors (Lipinski definition) is 3. The van der Waals surface area contributed by atoms with E-state index in [1.807, 2.05) is 6.07 Å². The van der Waals surface area contributed by atoms with Gasteiger partial charge in [-0.15, -0.1) is 0 Å². The Morgan fingerprint density at radius 1 is 1.35 bits per heavy atom. The molecule has 0 heterocycles. The van der Waals surface area contributed by atoms with Crippen molar-refractivity contribution in [1.29, 1.82) is 0 Å². The Labute approximate surface area is 111 Å². The van der Waals surface area contributed by atoms with Crippen LogP contribution in [0.4, 0.5) is 0 Å². The molecule has 0 aliphatic heterocycles. The number of benzene rings is 1. The van der Waals surface area contributed by atoms with Crippen molar-refractivity contribution in [2.45, 2.75) is 32.8 Å². The standard InChI is InChI=1S/C13H19BrO3/c1-5-10-9(6-8(2)15)7-11(16-3)13(17-4)12(10)14/h7-8,15H,5-6H2,1-4H3. The molecule has 1 unspecified atom stereocenters. The van der Waals surface area contributed by atoms with E-state index in [0.29, 0.717) is 17.9 Å². The summed E-state index contributed by atoms with van der Waals surface area (Å²) >= 11 is 3.55. The van der Waals surface area contributed by atoms with Crippen LogP contribution in [0, 0.1) is 0 Å². The van der Waals surface area contributed by atoms with Gasteiger partial charge in [0.2, 0.25) is 0 Å².